The van der Waals surface area contributed by atoms with Crippen molar-refractivity contribution in [1.29, 1.82) is 0 Å². The van der Waals surface area contributed by atoms with Crippen molar-refractivity contribution in [2.75, 3.05) is 19.6 Å². The minimum atomic E-state index is -0.989. The van der Waals surface area contributed by atoms with E-state index in [9.17, 15) is 19.5 Å². The van der Waals surface area contributed by atoms with Crippen molar-refractivity contribution in [3.05, 3.63) is 0 Å². The third-order valence-electron chi connectivity index (χ3n) is 11.7. The summed E-state index contributed by atoms with van der Waals surface area (Å²) < 4.78 is 0. The maximum Gasteiger partial charge on any atom is 0.326 e. The molecule has 0 aliphatic heterocycles. The van der Waals surface area contributed by atoms with Crippen molar-refractivity contribution in [2.45, 2.75) is 209 Å². The zero-order chi connectivity index (χ0) is 34.5. The van der Waals surface area contributed by atoms with Crippen LogP contribution in [0.15, 0.2) is 0 Å². The quantitative estimate of drug-likeness (QED) is 0.0629. The number of carboxylic acid groups (broad SMARTS) is 1. The van der Waals surface area contributed by atoms with Crippen LogP contribution in [0.25, 0.3) is 0 Å². The van der Waals surface area contributed by atoms with Crippen LogP contribution in [0.1, 0.15) is 167 Å². The lowest BCUT2D eigenvalue weighted by molar-refractivity contribution is -0.142. The summed E-state index contributed by atoms with van der Waals surface area (Å²) in [4.78, 5) is 38.8. The summed E-state index contributed by atoms with van der Waals surface area (Å²) in [7, 11) is 0. The second kappa shape index (κ2) is 23.7. The van der Waals surface area contributed by atoms with Crippen LogP contribution in [0.3, 0.4) is 0 Å². The zero-order valence-corrected chi connectivity index (χ0v) is 30.7. The molecule has 0 aromatic carbocycles. The highest BCUT2D eigenvalue weighted by Crippen LogP contribution is 2.21. The molecule has 4 aliphatic carbocycles. The van der Waals surface area contributed by atoms with Crippen molar-refractivity contribution >= 4 is 17.8 Å². The second-order valence-corrected chi connectivity index (χ2v) is 15.8. The summed E-state index contributed by atoms with van der Waals surface area (Å²) in [6.45, 7) is 2.52. The number of unbranched alkanes of at least 4 members (excludes halogenated alkanes) is 3. The molecule has 0 aromatic heterocycles. The predicted molar refractivity (Wildman–Crippen MR) is 198 cm³/mol. The van der Waals surface area contributed by atoms with Crippen molar-refractivity contribution in [1.82, 2.24) is 31.9 Å². The minimum absolute atomic E-state index is 0.0634. The molecule has 282 valence electrons. The molecule has 0 bridgehead atoms. The summed E-state index contributed by atoms with van der Waals surface area (Å²) in [5.74, 6) is -1.11. The summed E-state index contributed by atoms with van der Waals surface area (Å²) in [6.07, 6.45) is 28.4. The number of carbonyl (C=O) groups is 3. The Balaban J connectivity index is 1.14. The average molecular weight is 689 g/mol. The van der Waals surface area contributed by atoms with Crippen molar-refractivity contribution < 1.29 is 19.5 Å². The molecule has 4 saturated carbocycles. The Kier molecular flexibility index (Phi) is 19.3. The van der Waals surface area contributed by atoms with Gasteiger partial charge in [0.1, 0.15) is 6.04 Å². The minimum Gasteiger partial charge on any atom is -0.480 e. The molecule has 7 N–H and O–H groups in total. The number of rotatable bonds is 25. The first-order valence-corrected chi connectivity index (χ1v) is 20.8. The number of hydrogen-bond acceptors (Lipinski definition) is 7. The van der Waals surface area contributed by atoms with Crippen LogP contribution in [-0.4, -0.2) is 84.8 Å². The van der Waals surface area contributed by atoms with Gasteiger partial charge < -0.3 is 37.0 Å². The van der Waals surface area contributed by atoms with Gasteiger partial charge in [-0.05, 0) is 109 Å². The van der Waals surface area contributed by atoms with Crippen molar-refractivity contribution in [2.24, 2.45) is 0 Å². The molecular formula is C39H72N6O4. The molecule has 4 aliphatic rings. The summed E-state index contributed by atoms with van der Waals surface area (Å²) in [5, 5.41) is 30.6. The summed E-state index contributed by atoms with van der Waals surface area (Å²) in [5.41, 5.74) is 0. The molecule has 2 amide bonds. The molecule has 0 radical (unpaired) electrons. The van der Waals surface area contributed by atoms with Crippen LogP contribution in [0.4, 0.5) is 0 Å². The number of hydrogen-bond donors (Lipinski definition) is 7. The lowest BCUT2D eigenvalue weighted by Gasteiger charge is -2.25. The van der Waals surface area contributed by atoms with Gasteiger partial charge in [-0.25, -0.2) is 4.79 Å². The van der Waals surface area contributed by atoms with E-state index < -0.39 is 12.0 Å². The molecule has 0 saturated heterocycles. The smallest absolute Gasteiger partial charge is 0.326 e. The van der Waals surface area contributed by atoms with Crippen LogP contribution < -0.4 is 31.9 Å². The van der Waals surface area contributed by atoms with Gasteiger partial charge in [0.2, 0.25) is 11.8 Å². The molecule has 10 nitrogen and oxygen atoms in total. The maximum absolute atomic E-state index is 13.4. The van der Waals surface area contributed by atoms with Gasteiger partial charge in [0.25, 0.3) is 0 Å². The molecular weight excluding hydrogens is 616 g/mol. The highest BCUT2D eigenvalue weighted by molar-refractivity contribution is 5.87. The number of aliphatic carboxylic acids is 1. The van der Waals surface area contributed by atoms with Crippen LogP contribution >= 0.6 is 0 Å². The fourth-order valence-electron chi connectivity index (χ4n) is 8.67. The summed E-state index contributed by atoms with van der Waals surface area (Å²) >= 11 is 0. The molecule has 49 heavy (non-hydrogen) atoms. The van der Waals surface area contributed by atoms with Gasteiger partial charge in [0, 0.05) is 30.7 Å². The first-order valence-electron chi connectivity index (χ1n) is 20.8. The standard InChI is InChI=1S/C39H72N6O4/c46-37(34(43-32-20-6-7-21-32)24-10-13-27-41-31-18-4-5-19-31)42-29-15-12-26-36(39(48)49)45-38(47)35(44-33-22-8-9-23-33)25-11-14-28-40-30-16-2-1-3-17-30/h30-36,40-41,43-44H,1-29H2,(H,42,46)(H,45,47)(H,48,49). The van der Waals surface area contributed by atoms with E-state index in [0.29, 0.717) is 50.0 Å². The molecule has 4 fully saturated rings. The molecule has 3 atom stereocenters. The first kappa shape index (κ1) is 40.0. The number of nitrogens with one attached hydrogen (secondary N) is 6. The van der Waals surface area contributed by atoms with Gasteiger partial charge in [0.05, 0.1) is 12.1 Å². The Morgan fingerprint density at radius 1 is 0.469 bits per heavy atom. The van der Waals surface area contributed by atoms with Gasteiger partial charge in [-0.2, -0.15) is 0 Å². The van der Waals surface area contributed by atoms with Gasteiger partial charge >= 0.3 is 5.97 Å². The van der Waals surface area contributed by atoms with E-state index in [1.807, 2.05) is 0 Å². The van der Waals surface area contributed by atoms with Crippen molar-refractivity contribution in [3.63, 3.8) is 0 Å². The predicted octanol–water partition coefficient (Wildman–Crippen LogP) is 5.44. The Morgan fingerprint density at radius 2 is 0.857 bits per heavy atom. The Morgan fingerprint density at radius 3 is 1.33 bits per heavy atom. The molecule has 0 aromatic rings. The van der Waals surface area contributed by atoms with E-state index in [1.165, 1.54) is 83.5 Å². The average Bonchev–Trinajstić information content (AvgIpc) is 3.92. The zero-order valence-electron chi connectivity index (χ0n) is 30.7. The van der Waals surface area contributed by atoms with E-state index in [2.05, 4.69) is 31.9 Å². The molecule has 0 heterocycles. The van der Waals surface area contributed by atoms with Gasteiger partial charge in [-0.3, -0.25) is 9.59 Å². The highest BCUT2D eigenvalue weighted by atomic mass is 16.4. The van der Waals surface area contributed by atoms with E-state index in [0.717, 1.165) is 77.3 Å². The lowest BCUT2D eigenvalue weighted by Crippen LogP contribution is -2.52. The first-order chi connectivity index (χ1) is 24.0. The fraction of sp³-hybridized carbons (Fsp3) is 0.923. The number of carbonyl (C=O) groups excluding carboxylic acids is 2. The maximum atomic E-state index is 13.4. The number of carboxylic acids is 1. The monoisotopic (exact) mass is 689 g/mol. The van der Waals surface area contributed by atoms with Gasteiger partial charge in [0.15, 0.2) is 0 Å². The lowest BCUT2D eigenvalue weighted by atomic mass is 9.95. The SMILES string of the molecule is O=C(O)C(CCCCNC(=O)C(CCCCNC1CCCC1)NC1CCCC1)NC(=O)C(CCCCNC1CCCCC1)NC1CCCC1. The molecule has 0 spiro atoms. The Bertz CT molecular complexity index is 928. The largest absolute Gasteiger partial charge is 0.480 e. The van der Waals surface area contributed by atoms with Crippen LogP contribution in [0, 0.1) is 0 Å². The highest BCUT2D eigenvalue weighted by Gasteiger charge is 2.28. The fourth-order valence-corrected chi connectivity index (χ4v) is 8.67. The third-order valence-corrected chi connectivity index (χ3v) is 11.7. The molecule has 10 heteroatoms. The van der Waals surface area contributed by atoms with E-state index in [-0.39, 0.29) is 23.9 Å². The van der Waals surface area contributed by atoms with Crippen LogP contribution in [0.2, 0.25) is 0 Å². The van der Waals surface area contributed by atoms with E-state index >= 15 is 0 Å². The van der Waals surface area contributed by atoms with E-state index in [1.54, 1.807) is 0 Å². The normalized spacial score (nSPS) is 21.6. The third kappa shape index (κ3) is 16.0. The molecule has 3 unspecified atom stereocenters. The Labute approximate surface area is 297 Å². The Hall–Kier alpha value is -1.75. The van der Waals surface area contributed by atoms with Crippen LogP contribution in [-0.2, 0) is 14.4 Å². The number of amides is 2. The van der Waals surface area contributed by atoms with Gasteiger partial charge in [-0.1, -0.05) is 70.6 Å². The van der Waals surface area contributed by atoms with E-state index in [4.69, 9.17) is 0 Å². The van der Waals surface area contributed by atoms with Crippen molar-refractivity contribution in [3.8, 4) is 0 Å². The topological polar surface area (TPSA) is 144 Å². The summed E-state index contributed by atoms with van der Waals surface area (Å²) in [6, 6.07) is 0.639. The van der Waals surface area contributed by atoms with Crippen LogP contribution in [0.5, 0.6) is 0 Å². The second-order valence-electron chi connectivity index (χ2n) is 15.8. The van der Waals surface area contributed by atoms with Gasteiger partial charge in [-0.15, -0.1) is 0 Å². The molecule has 4 rings (SSSR count).